The Labute approximate surface area is 114 Å². The van der Waals surface area contributed by atoms with Crippen molar-refractivity contribution in [2.45, 2.75) is 22.0 Å². The molecule has 0 saturated heterocycles. The van der Waals surface area contributed by atoms with E-state index in [1.165, 1.54) is 5.56 Å². The fourth-order valence-corrected chi connectivity index (χ4v) is 4.31. The molecule has 2 nitrogen and oxygen atoms in total. The Morgan fingerprint density at radius 3 is 2.47 bits per heavy atom. The van der Waals surface area contributed by atoms with Crippen molar-refractivity contribution < 1.29 is 0 Å². The highest BCUT2D eigenvalue weighted by atomic mass is 32.2. The van der Waals surface area contributed by atoms with Crippen LogP contribution in [0.4, 0.5) is 0 Å². The maximum absolute atomic E-state index is 4.18. The molecule has 0 unspecified atom stereocenters. The van der Waals surface area contributed by atoms with E-state index in [9.17, 15) is 0 Å². The van der Waals surface area contributed by atoms with Gasteiger partial charge in [0.2, 0.25) is 0 Å². The maximum atomic E-state index is 4.18. The van der Waals surface area contributed by atoms with Crippen LogP contribution in [-0.4, -0.2) is 21.7 Å². The number of hydrogen-bond donors (Lipinski definition) is 0. The number of nitrogens with zero attached hydrogens (tertiary/aromatic N) is 2. The van der Waals surface area contributed by atoms with Crippen LogP contribution in [0.5, 0.6) is 0 Å². The normalized spacial score (nSPS) is 10.6. The summed E-state index contributed by atoms with van der Waals surface area (Å²) in [5.41, 5.74) is 1.38. The van der Waals surface area contributed by atoms with Crippen molar-refractivity contribution in [1.82, 2.24) is 10.2 Å². The van der Waals surface area contributed by atoms with Crippen LogP contribution in [0.1, 0.15) is 12.5 Å². The largest absolute Gasteiger partial charge is 0.175 e. The lowest BCUT2D eigenvalue weighted by Crippen LogP contribution is -1.87. The van der Waals surface area contributed by atoms with E-state index in [4.69, 9.17) is 0 Å². The molecule has 1 aromatic heterocycles. The Morgan fingerprint density at radius 1 is 1.06 bits per heavy atom. The molecule has 0 amide bonds. The minimum atomic E-state index is 1.06. The first kappa shape index (κ1) is 12.9. The number of hydrogen-bond acceptors (Lipinski definition) is 5. The van der Waals surface area contributed by atoms with E-state index in [1.54, 1.807) is 34.9 Å². The molecule has 1 heterocycles. The van der Waals surface area contributed by atoms with Gasteiger partial charge in [0.25, 0.3) is 0 Å². The third-order valence-corrected chi connectivity index (χ3v) is 5.19. The van der Waals surface area contributed by atoms with Gasteiger partial charge in [-0.15, -0.1) is 10.2 Å². The molecule has 2 rings (SSSR count). The average Bonchev–Trinajstić information content (AvgIpc) is 2.79. The van der Waals surface area contributed by atoms with Crippen LogP contribution < -0.4 is 0 Å². The van der Waals surface area contributed by atoms with Gasteiger partial charge in [0.15, 0.2) is 8.68 Å². The first-order valence-electron chi connectivity index (χ1n) is 5.51. The van der Waals surface area contributed by atoms with Crippen molar-refractivity contribution in [3.8, 4) is 0 Å². The Morgan fingerprint density at radius 2 is 1.76 bits per heavy atom. The van der Waals surface area contributed by atoms with Crippen LogP contribution in [0, 0.1) is 0 Å². The molecule has 0 N–H and O–H groups in total. The van der Waals surface area contributed by atoms with E-state index in [0.717, 1.165) is 26.6 Å². The highest BCUT2D eigenvalue weighted by Gasteiger charge is 2.04. The number of aryl methyl sites for hydroxylation is 1. The zero-order valence-corrected chi connectivity index (χ0v) is 12.1. The van der Waals surface area contributed by atoms with Gasteiger partial charge in [-0.2, -0.15) is 0 Å². The molecule has 5 heteroatoms. The standard InChI is InChI=1S/C12H14N2S3/c1-2-15-11-13-14-12(17-11)16-9-8-10-6-4-3-5-7-10/h3-7H,2,8-9H2,1H3. The monoisotopic (exact) mass is 282 g/mol. The van der Waals surface area contributed by atoms with Gasteiger partial charge >= 0.3 is 0 Å². The molecule has 1 aromatic carbocycles. The van der Waals surface area contributed by atoms with Crippen molar-refractivity contribution in [2.75, 3.05) is 11.5 Å². The summed E-state index contributed by atoms with van der Waals surface area (Å²) in [6.07, 6.45) is 1.08. The zero-order valence-electron chi connectivity index (χ0n) is 9.63. The second kappa shape index (κ2) is 7.03. The van der Waals surface area contributed by atoms with Gasteiger partial charge < -0.3 is 0 Å². The molecule has 0 aliphatic heterocycles. The van der Waals surface area contributed by atoms with Crippen LogP contribution in [0.3, 0.4) is 0 Å². The molecule has 17 heavy (non-hydrogen) atoms. The summed E-state index contributed by atoms with van der Waals surface area (Å²) in [6, 6.07) is 10.6. The average molecular weight is 282 g/mol. The van der Waals surface area contributed by atoms with E-state index < -0.39 is 0 Å². The molecule has 0 saturated carbocycles. The Bertz CT molecular complexity index is 442. The molecule has 0 atom stereocenters. The number of thioether (sulfide) groups is 2. The molecule has 0 fully saturated rings. The zero-order chi connectivity index (χ0) is 11.9. The van der Waals surface area contributed by atoms with E-state index in [0.29, 0.717) is 0 Å². The summed E-state index contributed by atoms with van der Waals surface area (Å²) < 4.78 is 2.16. The smallest absolute Gasteiger partial charge is 0.131 e. The van der Waals surface area contributed by atoms with Gasteiger partial charge in [-0.1, -0.05) is 72.1 Å². The lowest BCUT2D eigenvalue weighted by molar-refractivity contribution is 0.954. The topological polar surface area (TPSA) is 25.8 Å². The van der Waals surface area contributed by atoms with E-state index in [1.807, 2.05) is 0 Å². The van der Waals surface area contributed by atoms with Gasteiger partial charge in [-0.25, -0.2) is 0 Å². The molecule has 0 spiro atoms. The Balaban J connectivity index is 1.78. The second-order valence-electron chi connectivity index (χ2n) is 3.35. The van der Waals surface area contributed by atoms with Crippen molar-refractivity contribution in [2.24, 2.45) is 0 Å². The molecule has 0 radical (unpaired) electrons. The highest BCUT2D eigenvalue weighted by molar-refractivity contribution is 8.03. The second-order valence-corrected chi connectivity index (χ2v) is 7.18. The predicted molar refractivity (Wildman–Crippen MR) is 77.2 cm³/mol. The molecule has 2 aromatic rings. The van der Waals surface area contributed by atoms with E-state index in [-0.39, 0.29) is 0 Å². The van der Waals surface area contributed by atoms with Crippen molar-refractivity contribution >= 4 is 34.9 Å². The lowest BCUT2D eigenvalue weighted by Gasteiger charge is -1.98. The summed E-state index contributed by atoms with van der Waals surface area (Å²) in [6.45, 7) is 2.13. The van der Waals surface area contributed by atoms with Crippen LogP contribution in [0.15, 0.2) is 39.0 Å². The van der Waals surface area contributed by atoms with Crippen molar-refractivity contribution in [3.05, 3.63) is 35.9 Å². The first-order chi connectivity index (χ1) is 8.38. The molecule has 0 aliphatic carbocycles. The quantitative estimate of drug-likeness (QED) is 0.748. The van der Waals surface area contributed by atoms with Crippen molar-refractivity contribution in [1.29, 1.82) is 0 Å². The van der Waals surface area contributed by atoms with E-state index >= 15 is 0 Å². The lowest BCUT2D eigenvalue weighted by atomic mass is 10.2. The fourth-order valence-electron chi connectivity index (χ4n) is 1.34. The summed E-state index contributed by atoms with van der Waals surface area (Å²) in [4.78, 5) is 0. The summed E-state index contributed by atoms with van der Waals surface area (Å²) in [7, 11) is 0. The summed E-state index contributed by atoms with van der Waals surface area (Å²) in [5.74, 6) is 2.12. The Kier molecular flexibility index (Phi) is 5.35. The molecular weight excluding hydrogens is 268 g/mol. The van der Waals surface area contributed by atoms with E-state index in [2.05, 4.69) is 47.5 Å². The van der Waals surface area contributed by atoms with Gasteiger partial charge in [-0.3, -0.25) is 0 Å². The minimum Gasteiger partial charge on any atom is -0.131 e. The van der Waals surface area contributed by atoms with Crippen LogP contribution in [0.25, 0.3) is 0 Å². The molecule has 90 valence electrons. The number of benzene rings is 1. The number of aromatic nitrogens is 2. The van der Waals surface area contributed by atoms with Gasteiger partial charge in [0.05, 0.1) is 0 Å². The third kappa shape index (κ3) is 4.33. The third-order valence-electron chi connectivity index (χ3n) is 2.11. The maximum Gasteiger partial charge on any atom is 0.175 e. The van der Waals surface area contributed by atoms with Gasteiger partial charge in [-0.05, 0) is 17.7 Å². The Hall–Kier alpha value is -0.520. The molecule has 0 aliphatic rings. The van der Waals surface area contributed by atoms with Gasteiger partial charge in [0.1, 0.15) is 0 Å². The van der Waals surface area contributed by atoms with Crippen LogP contribution >= 0.6 is 34.9 Å². The first-order valence-corrected chi connectivity index (χ1v) is 8.30. The highest BCUT2D eigenvalue weighted by Crippen LogP contribution is 2.28. The molecular formula is C12H14N2S3. The fraction of sp³-hybridized carbons (Fsp3) is 0.333. The molecule has 0 bridgehead atoms. The van der Waals surface area contributed by atoms with Gasteiger partial charge in [0, 0.05) is 5.75 Å². The minimum absolute atomic E-state index is 1.06. The van der Waals surface area contributed by atoms with Crippen LogP contribution in [0.2, 0.25) is 0 Å². The van der Waals surface area contributed by atoms with Crippen molar-refractivity contribution in [3.63, 3.8) is 0 Å². The summed E-state index contributed by atoms with van der Waals surface area (Å²) >= 11 is 5.25. The summed E-state index contributed by atoms with van der Waals surface area (Å²) in [5, 5.41) is 8.32. The SMILES string of the molecule is CCSc1nnc(SCCc2ccccc2)s1. The predicted octanol–water partition coefficient (Wildman–Crippen LogP) is 3.98. The van der Waals surface area contributed by atoms with Crippen LogP contribution in [-0.2, 0) is 6.42 Å². The number of rotatable bonds is 6.